The molecule has 2 N–H and O–H groups in total. The Bertz CT molecular complexity index is 1780. The van der Waals surface area contributed by atoms with Crippen LogP contribution in [0.2, 0.25) is 0 Å². The van der Waals surface area contributed by atoms with Gasteiger partial charge in [0.25, 0.3) is 0 Å². The van der Waals surface area contributed by atoms with Crippen molar-refractivity contribution in [2.75, 3.05) is 70.3 Å². The van der Waals surface area contributed by atoms with Gasteiger partial charge in [-0.2, -0.15) is 0 Å². The molecular formula is C38H47F2N9O4. The van der Waals surface area contributed by atoms with Crippen LogP contribution in [0.1, 0.15) is 30.7 Å². The molecule has 3 aromatic rings. The van der Waals surface area contributed by atoms with Crippen molar-refractivity contribution in [3.05, 3.63) is 89.1 Å². The van der Waals surface area contributed by atoms with E-state index >= 15 is 8.78 Å². The Morgan fingerprint density at radius 1 is 0.925 bits per heavy atom. The molecule has 4 fully saturated rings. The lowest BCUT2D eigenvalue weighted by Crippen LogP contribution is -2.76. The van der Waals surface area contributed by atoms with Gasteiger partial charge < -0.3 is 30.0 Å². The number of fused-ring (bicyclic) bond motifs is 1. The van der Waals surface area contributed by atoms with Gasteiger partial charge in [-0.15, -0.1) is 0 Å². The van der Waals surface area contributed by atoms with Crippen LogP contribution in [0, 0.1) is 11.6 Å². The van der Waals surface area contributed by atoms with Crippen molar-refractivity contribution in [3.8, 4) is 5.75 Å². The lowest BCUT2D eigenvalue weighted by atomic mass is 9.97. The number of anilines is 1. The van der Waals surface area contributed by atoms with Crippen molar-refractivity contribution in [2.24, 2.45) is 0 Å². The smallest absolute Gasteiger partial charge is 0.334 e. The number of piperazine rings is 2. The second-order valence-electron chi connectivity index (χ2n) is 14.1. The third kappa shape index (κ3) is 7.64. The number of amides is 4. The SMILES string of the molecule is CCN1CCN(C2CN(c3cccc(CN4C[C@H]5N(C(=O)CN(CC)N5C(=O)NCc5ccccc5)[C@@H](Cc5c(F)cc(O)cc5F)C4=O)n3)C2)CC1. The maximum absolute atomic E-state index is 15.1. The first-order valence-corrected chi connectivity index (χ1v) is 18.4. The number of hydrazine groups is 1. The van der Waals surface area contributed by atoms with Gasteiger partial charge in [-0.05, 0) is 24.2 Å². The molecule has 2 atom stereocenters. The summed E-state index contributed by atoms with van der Waals surface area (Å²) in [4.78, 5) is 57.1. The summed E-state index contributed by atoms with van der Waals surface area (Å²) >= 11 is 0. The average molecular weight is 732 g/mol. The number of nitrogens with one attached hydrogen (secondary N) is 1. The number of halogens is 2. The minimum atomic E-state index is -1.33. The summed E-state index contributed by atoms with van der Waals surface area (Å²) in [6.45, 7) is 11.4. The van der Waals surface area contributed by atoms with Gasteiger partial charge >= 0.3 is 6.03 Å². The number of carbonyl (C=O) groups is 3. The number of pyridine rings is 1. The van der Waals surface area contributed by atoms with E-state index in [9.17, 15) is 19.5 Å². The van der Waals surface area contributed by atoms with Crippen molar-refractivity contribution in [1.82, 2.24) is 39.9 Å². The van der Waals surface area contributed by atoms with Gasteiger partial charge in [0.2, 0.25) is 11.8 Å². The second-order valence-corrected chi connectivity index (χ2v) is 14.1. The number of hydrogen-bond donors (Lipinski definition) is 2. The van der Waals surface area contributed by atoms with E-state index in [1.165, 1.54) is 14.8 Å². The fourth-order valence-corrected chi connectivity index (χ4v) is 7.88. The fourth-order valence-electron chi connectivity index (χ4n) is 7.88. The third-order valence-electron chi connectivity index (χ3n) is 10.9. The number of likely N-dealkylation sites (N-methyl/N-ethyl adjacent to an activating group) is 2. The number of aromatic nitrogens is 1. The highest BCUT2D eigenvalue weighted by Gasteiger charge is 2.51. The van der Waals surface area contributed by atoms with Gasteiger partial charge in [-0.25, -0.2) is 28.6 Å². The predicted octanol–water partition coefficient (Wildman–Crippen LogP) is 2.46. The number of urea groups is 1. The van der Waals surface area contributed by atoms with E-state index in [4.69, 9.17) is 4.98 Å². The van der Waals surface area contributed by atoms with Gasteiger partial charge in [0.05, 0.1) is 25.3 Å². The lowest BCUT2D eigenvalue weighted by molar-refractivity contribution is -0.190. The molecular weight excluding hydrogens is 684 g/mol. The summed E-state index contributed by atoms with van der Waals surface area (Å²) in [6.07, 6.45) is -1.46. The Hall–Kier alpha value is -4.86. The Kier molecular flexibility index (Phi) is 10.8. The van der Waals surface area contributed by atoms with Crippen molar-refractivity contribution in [2.45, 2.75) is 51.6 Å². The Morgan fingerprint density at radius 3 is 2.32 bits per heavy atom. The summed E-state index contributed by atoms with van der Waals surface area (Å²) in [7, 11) is 0. The first-order valence-electron chi connectivity index (χ1n) is 18.4. The highest BCUT2D eigenvalue weighted by Crippen LogP contribution is 2.31. The van der Waals surface area contributed by atoms with Crippen molar-refractivity contribution < 1.29 is 28.3 Å². The predicted molar refractivity (Wildman–Crippen MR) is 193 cm³/mol. The molecule has 0 bridgehead atoms. The molecule has 4 saturated heterocycles. The van der Waals surface area contributed by atoms with Crippen molar-refractivity contribution in [1.29, 1.82) is 0 Å². The topological polar surface area (TPSA) is 119 Å². The van der Waals surface area contributed by atoms with Crippen LogP contribution >= 0.6 is 0 Å². The number of aromatic hydroxyl groups is 1. The number of benzene rings is 2. The van der Waals surface area contributed by atoms with E-state index in [1.807, 2.05) is 55.5 Å². The van der Waals surface area contributed by atoms with E-state index in [0.717, 1.165) is 69.3 Å². The highest BCUT2D eigenvalue weighted by atomic mass is 19.1. The molecule has 0 aliphatic carbocycles. The number of carbonyl (C=O) groups excluding carboxylic acids is 3. The molecule has 2 aromatic carbocycles. The molecule has 0 unspecified atom stereocenters. The van der Waals surface area contributed by atoms with E-state index < -0.39 is 59.4 Å². The maximum atomic E-state index is 15.1. The standard InChI is InChI=1S/C38H47F2N9O4/c1-3-43-13-15-44(16-14-43)28-22-45(23-28)34-12-8-11-27(42-34)21-46-24-35-48(33(37(46)52)19-30-31(39)17-29(50)18-32(30)40)36(51)25-47(4-2)49(35)38(53)41-20-26-9-6-5-7-10-26/h5-12,17-18,28,33,35,50H,3-4,13-16,19-25H2,1-2H3,(H,41,53)/t33-,35-/m0/s1. The molecule has 4 amide bonds. The maximum Gasteiger partial charge on any atom is 0.334 e. The van der Waals surface area contributed by atoms with Gasteiger partial charge in [-0.3, -0.25) is 14.5 Å². The Balaban J connectivity index is 1.14. The Morgan fingerprint density at radius 2 is 1.64 bits per heavy atom. The Labute approximate surface area is 308 Å². The average Bonchev–Trinajstić information content (AvgIpc) is 3.13. The van der Waals surface area contributed by atoms with Crippen LogP contribution in [0.5, 0.6) is 5.75 Å². The number of hydrogen-bond acceptors (Lipinski definition) is 9. The van der Waals surface area contributed by atoms with Crippen LogP contribution < -0.4 is 10.2 Å². The molecule has 5 heterocycles. The van der Waals surface area contributed by atoms with E-state index in [1.54, 1.807) is 5.01 Å². The summed E-state index contributed by atoms with van der Waals surface area (Å²) in [5, 5.41) is 15.8. The second kappa shape index (κ2) is 15.6. The van der Waals surface area contributed by atoms with E-state index in [0.29, 0.717) is 18.3 Å². The van der Waals surface area contributed by atoms with Gasteiger partial charge in [-0.1, -0.05) is 50.2 Å². The fraction of sp³-hybridized carbons (Fsp3) is 0.474. The molecule has 4 aliphatic heterocycles. The van der Waals surface area contributed by atoms with Crippen LogP contribution in [0.3, 0.4) is 0 Å². The zero-order chi connectivity index (χ0) is 37.2. The van der Waals surface area contributed by atoms with Gasteiger partial charge in [0, 0.05) is 82.5 Å². The third-order valence-corrected chi connectivity index (χ3v) is 10.9. The van der Waals surface area contributed by atoms with Gasteiger partial charge in [0.15, 0.2) is 0 Å². The zero-order valence-corrected chi connectivity index (χ0v) is 30.2. The summed E-state index contributed by atoms with van der Waals surface area (Å²) in [6, 6.07) is 15.3. The van der Waals surface area contributed by atoms with Crippen LogP contribution in [-0.2, 0) is 29.1 Å². The summed E-state index contributed by atoms with van der Waals surface area (Å²) in [5.41, 5.74) is 1.06. The van der Waals surface area contributed by atoms with E-state index in [-0.39, 0.29) is 26.2 Å². The van der Waals surface area contributed by atoms with Crippen LogP contribution in [-0.4, -0.2) is 141 Å². The van der Waals surface area contributed by atoms with Crippen LogP contribution in [0.4, 0.5) is 19.4 Å². The molecule has 0 radical (unpaired) electrons. The zero-order valence-electron chi connectivity index (χ0n) is 30.2. The molecule has 0 spiro atoms. The molecule has 13 nitrogen and oxygen atoms in total. The number of nitrogens with zero attached hydrogens (tertiary/aromatic N) is 8. The molecule has 4 aliphatic rings. The molecule has 7 rings (SSSR count). The first-order chi connectivity index (χ1) is 25.6. The summed E-state index contributed by atoms with van der Waals surface area (Å²) < 4.78 is 30.3. The van der Waals surface area contributed by atoms with Crippen LogP contribution in [0.15, 0.2) is 60.7 Å². The molecule has 282 valence electrons. The number of phenols is 1. The monoisotopic (exact) mass is 731 g/mol. The van der Waals surface area contributed by atoms with Crippen molar-refractivity contribution >= 4 is 23.7 Å². The van der Waals surface area contributed by atoms with E-state index in [2.05, 4.69) is 26.9 Å². The van der Waals surface area contributed by atoms with Crippen LogP contribution in [0.25, 0.3) is 0 Å². The molecule has 15 heteroatoms. The van der Waals surface area contributed by atoms with Gasteiger partial charge in [0.1, 0.15) is 35.4 Å². The molecule has 53 heavy (non-hydrogen) atoms. The molecule has 1 aromatic heterocycles. The quantitative estimate of drug-likeness (QED) is 0.325. The lowest BCUT2D eigenvalue weighted by Gasteiger charge is -2.55. The van der Waals surface area contributed by atoms with Crippen molar-refractivity contribution in [3.63, 3.8) is 0 Å². The normalized spacial score (nSPS) is 21.9. The highest BCUT2D eigenvalue weighted by molar-refractivity contribution is 5.91. The number of rotatable bonds is 10. The largest absolute Gasteiger partial charge is 0.508 e. The minimum absolute atomic E-state index is 0.0433. The first kappa shape index (κ1) is 36.5. The minimum Gasteiger partial charge on any atom is -0.508 e. The molecule has 0 saturated carbocycles. The number of phenolic OH excluding ortho intramolecular Hbond substituents is 1. The summed E-state index contributed by atoms with van der Waals surface area (Å²) in [5.74, 6) is -2.81.